The molecule has 4 aliphatic rings. The van der Waals surface area contributed by atoms with Crippen molar-refractivity contribution in [3.63, 3.8) is 0 Å². The fraction of sp³-hybridized carbons (Fsp3) is 0.561. The lowest BCUT2D eigenvalue weighted by Crippen LogP contribution is -2.46. The molecule has 0 amide bonds. The van der Waals surface area contributed by atoms with Crippen LogP contribution in [0.5, 0.6) is 0 Å². The summed E-state index contributed by atoms with van der Waals surface area (Å²) in [5.74, 6) is 2.22. The van der Waals surface area contributed by atoms with E-state index in [-0.39, 0.29) is 23.5 Å². The number of hydrogen-bond donors (Lipinski definition) is 0. The Kier molecular flexibility index (Phi) is 8.89. The number of carbonyl (C=O) groups excluding carboxylic acids is 2. The van der Waals surface area contributed by atoms with Crippen LogP contribution < -0.4 is 0 Å². The highest BCUT2D eigenvalue weighted by Gasteiger charge is 2.57. The van der Waals surface area contributed by atoms with E-state index in [4.69, 9.17) is 9.47 Å². The van der Waals surface area contributed by atoms with Crippen LogP contribution in [0.4, 0.5) is 0 Å². The molecule has 45 heavy (non-hydrogen) atoms. The monoisotopic (exact) mass is 608 g/mol. The average molecular weight is 609 g/mol. The third kappa shape index (κ3) is 6.31. The van der Waals surface area contributed by atoms with Gasteiger partial charge in [-0.05, 0) is 124 Å². The molecule has 0 N–H and O–H groups in total. The van der Waals surface area contributed by atoms with Gasteiger partial charge in [0, 0.05) is 6.42 Å². The Morgan fingerprint density at radius 1 is 0.844 bits per heavy atom. The average Bonchev–Trinajstić information content (AvgIpc) is 3.39. The van der Waals surface area contributed by atoms with Gasteiger partial charge in [-0.1, -0.05) is 86.9 Å². The first-order chi connectivity index (χ1) is 21.5. The first kappa shape index (κ1) is 31.8. The zero-order valence-electron chi connectivity index (χ0n) is 28.0. The summed E-state index contributed by atoms with van der Waals surface area (Å²) in [6.07, 6.45) is 16.0. The van der Waals surface area contributed by atoms with Gasteiger partial charge in [0.1, 0.15) is 11.7 Å². The van der Waals surface area contributed by atoms with E-state index in [2.05, 4.69) is 32.9 Å². The van der Waals surface area contributed by atoms with E-state index in [0.29, 0.717) is 34.3 Å². The number of allylic oxidation sites excluding steroid dienone is 3. The second-order valence-corrected chi connectivity index (χ2v) is 15.6. The molecular weight excluding hydrogens is 556 g/mol. The van der Waals surface area contributed by atoms with Crippen molar-refractivity contribution < 1.29 is 19.1 Å². The largest absolute Gasteiger partial charge is 0.458 e. The summed E-state index contributed by atoms with van der Waals surface area (Å²) in [6, 6.07) is 18.7. The smallest absolute Gasteiger partial charge is 0.338 e. The van der Waals surface area contributed by atoms with Gasteiger partial charge < -0.3 is 9.47 Å². The number of fused-ring (bicyclic) bond motifs is 5. The number of hydrogen-bond acceptors (Lipinski definition) is 4. The molecule has 0 heterocycles. The van der Waals surface area contributed by atoms with E-state index in [1.807, 2.05) is 74.5 Å². The van der Waals surface area contributed by atoms with Crippen molar-refractivity contribution >= 4 is 11.9 Å². The second kappa shape index (κ2) is 12.6. The molecule has 0 spiro atoms. The van der Waals surface area contributed by atoms with Crippen molar-refractivity contribution in [1.29, 1.82) is 0 Å². The SMILES string of the molecule is C[C@H](CCCC(C)(C)OC(=O)c1ccccc1)[C@@H]1CC[C@@H]2C3=CC=C4C[C@H](OC(=O)c5ccccc5)CC[C@]4(C)[C@H]3CC[C@@]21C. The van der Waals surface area contributed by atoms with Gasteiger partial charge in [0.05, 0.1) is 11.1 Å². The summed E-state index contributed by atoms with van der Waals surface area (Å²) in [4.78, 5) is 25.4. The zero-order valence-corrected chi connectivity index (χ0v) is 28.0. The van der Waals surface area contributed by atoms with Crippen LogP contribution in [0.2, 0.25) is 0 Å². The third-order valence-electron chi connectivity index (χ3n) is 12.4. The molecular formula is C41H52O4. The molecule has 0 aliphatic heterocycles. The summed E-state index contributed by atoms with van der Waals surface area (Å²) >= 11 is 0. The van der Waals surface area contributed by atoms with Crippen LogP contribution in [0.3, 0.4) is 0 Å². The van der Waals surface area contributed by atoms with E-state index < -0.39 is 5.60 Å². The second-order valence-electron chi connectivity index (χ2n) is 15.6. The predicted octanol–water partition coefficient (Wildman–Crippen LogP) is 10.2. The molecule has 7 atom stereocenters. The molecule has 4 nitrogen and oxygen atoms in total. The number of esters is 2. The van der Waals surface area contributed by atoms with Gasteiger partial charge in [-0.2, -0.15) is 0 Å². The fourth-order valence-electron chi connectivity index (χ4n) is 9.82. The molecule has 3 fully saturated rings. The molecule has 4 heteroatoms. The van der Waals surface area contributed by atoms with Crippen molar-refractivity contribution in [3.05, 3.63) is 95.1 Å². The van der Waals surface area contributed by atoms with Crippen molar-refractivity contribution in [2.24, 2.45) is 34.5 Å². The van der Waals surface area contributed by atoms with Gasteiger partial charge in [0.25, 0.3) is 0 Å². The van der Waals surface area contributed by atoms with E-state index in [1.165, 1.54) is 37.7 Å². The minimum atomic E-state index is -0.474. The van der Waals surface area contributed by atoms with E-state index in [9.17, 15) is 9.59 Å². The summed E-state index contributed by atoms with van der Waals surface area (Å²) < 4.78 is 11.9. The summed E-state index contributed by atoms with van der Waals surface area (Å²) in [5, 5.41) is 0. The van der Waals surface area contributed by atoms with Gasteiger partial charge in [-0.25, -0.2) is 9.59 Å². The fourth-order valence-corrected chi connectivity index (χ4v) is 9.82. The lowest BCUT2D eigenvalue weighted by Gasteiger charge is -2.55. The predicted molar refractivity (Wildman–Crippen MR) is 180 cm³/mol. The molecule has 6 rings (SSSR count). The molecule has 2 aromatic rings. The Morgan fingerprint density at radius 3 is 2.20 bits per heavy atom. The van der Waals surface area contributed by atoms with Crippen LogP contribution in [0, 0.1) is 34.5 Å². The minimum Gasteiger partial charge on any atom is -0.458 e. The Labute approximate surface area is 270 Å². The van der Waals surface area contributed by atoms with Crippen LogP contribution in [0.1, 0.15) is 120 Å². The lowest BCUT2D eigenvalue weighted by atomic mass is 9.50. The number of benzene rings is 2. The maximum atomic E-state index is 12.8. The summed E-state index contributed by atoms with van der Waals surface area (Å²) in [7, 11) is 0. The number of ether oxygens (including phenoxy) is 2. The summed E-state index contributed by atoms with van der Waals surface area (Å²) in [5.41, 5.74) is 4.49. The van der Waals surface area contributed by atoms with E-state index >= 15 is 0 Å². The Balaban J connectivity index is 1.07. The minimum absolute atomic E-state index is 0.0376. The van der Waals surface area contributed by atoms with Gasteiger partial charge >= 0.3 is 11.9 Å². The van der Waals surface area contributed by atoms with E-state index in [0.717, 1.165) is 38.0 Å². The highest BCUT2D eigenvalue weighted by molar-refractivity contribution is 5.90. The van der Waals surface area contributed by atoms with Crippen molar-refractivity contribution in [3.8, 4) is 0 Å². The molecule has 4 aliphatic carbocycles. The first-order valence-corrected chi connectivity index (χ1v) is 17.5. The topological polar surface area (TPSA) is 52.6 Å². The third-order valence-corrected chi connectivity index (χ3v) is 12.4. The molecule has 0 saturated heterocycles. The Morgan fingerprint density at radius 2 is 1.51 bits per heavy atom. The van der Waals surface area contributed by atoms with Crippen molar-refractivity contribution in [2.75, 3.05) is 0 Å². The molecule has 3 saturated carbocycles. The number of carbonyl (C=O) groups is 2. The maximum absolute atomic E-state index is 12.8. The molecule has 0 aromatic heterocycles. The quantitative estimate of drug-likeness (QED) is 0.266. The Bertz CT molecular complexity index is 1440. The van der Waals surface area contributed by atoms with Crippen molar-refractivity contribution in [2.45, 2.75) is 111 Å². The van der Waals surface area contributed by atoms with E-state index in [1.54, 1.807) is 5.57 Å². The van der Waals surface area contributed by atoms with Crippen LogP contribution in [0.25, 0.3) is 0 Å². The first-order valence-electron chi connectivity index (χ1n) is 17.5. The zero-order chi connectivity index (χ0) is 31.8. The van der Waals surface area contributed by atoms with Gasteiger partial charge in [0.2, 0.25) is 0 Å². The van der Waals surface area contributed by atoms with Crippen molar-refractivity contribution in [1.82, 2.24) is 0 Å². The Hall–Kier alpha value is -3.14. The van der Waals surface area contributed by atoms with Gasteiger partial charge in [0.15, 0.2) is 0 Å². The molecule has 2 aromatic carbocycles. The van der Waals surface area contributed by atoms with Gasteiger partial charge in [-0.3, -0.25) is 0 Å². The normalized spacial score (nSPS) is 31.4. The highest BCUT2D eigenvalue weighted by atomic mass is 16.6. The van der Waals surface area contributed by atoms with Crippen LogP contribution >= 0.6 is 0 Å². The molecule has 0 radical (unpaired) electrons. The van der Waals surface area contributed by atoms with Crippen LogP contribution in [-0.4, -0.2) is 23.6 Å². The molecule has 0 bridgehead atoms. The van der Waals surface area contributed by atoms with Gasteiger partial charge in [-0.15, -0.1) is 0 Å². The van der Waals surface area contributed by atoms with Crippen LogP contribution in [-0.2, 0) is 9.47 Å². The molecule has 0 unspecified atom stereocenters. The summed E-state index contributed by atoms with van der Waals surface area (Å²) in [6.45, 7) is 11.7. The lowest BCUT2D eigenvalue weighted by molar-refractivity contribution is -0.00745. The maximum Gasteiger partial charge on any atom is 0.338 e. The molecule has 240 valence electrons. The number of rotatable bonds is 9. The standard InChI is InChI=1S/C41H52O4/c1-28(13-12-24-39(2,3)45-38(43)30-16-10-7-11-17-30)34-20-21-35-33-19-18-31-27-32(44-37(42)29-14-8-6-9-15-29)22-25-40(31,4)36(33)23-26-41(34,35)5/h6-11,14-19,28,32,34-36H,12-13,20-27H2,1-5H3/t28-,32-,34+,35-,36+,40+,41-/m1/s1. The highest BCUT2D eigenvalue weighted by Crippen LogP contribution is 2.66. The van der Waals surface area contributed by atoms with Crippen LogP contribution in [0.15, 0.2) is 84.0 Å².